The van der Waals surface area contributed by atoms with Gasteiger partial charge >= 0.3 is 0 Å². The van der Waals surface area contributed by atoms with E-state index in [2.05, 4.69) is 10.1 Å². The molecule has 0 unspecified atom stereocenters. The number of benzene rings is 1. The van der Waals surface area contributed by atoms with Gasteiger partial charge in [0.1, 0.15) is 5.60 Å². The number of hydrogen-bond donors (Lipinski definition) is 1. The number of nitrogens with two attached hydrogens (primary N) is 1. The van der Waals surface area contributed by atoms with Crippen LogP contribution < -0.4 is 5.73 Å². The average molecular weight is 261 g/mol. The van der Waals surface area contributed by atoms with Crippen molar-refractivity contribution < 1.29 is 9.26 Å². The molecule has 1 aromatic carbocycles. The van der Waals surface area contributed by atoms with Gasteiger partial charge in [0.05, 0.1) is 0 Å². The van der Waals surface area contributed by atoms with Crippen molar-refractivity contribution >= 4 is 5.69 Å². The molecule has 0 amide bonds. The van der Waals surface area contributed by atoms with Crippen molar-refractivity contribution in [1.29, 1.82) is 0 Å². The quantitative estimate of drug-likeness (QED) is 0.837. The van der Waals surface area contributed by atoms with Crippen molar-refractivity contribution in [1.82, 2.24) is 10.1 Å². The third-order valence-corrected chi connectivity index (χ3v) is 3.52. The summed E-state index contributed by atoms with van der Waals surface area (Å²) in [4.78, 5) is 4.45. The molecule has 102 valence electrons. The Labute approximate surface area is 112 Å². The second kappa shape index (κ2) is 5.40. The van der Waals surface area contributed by atoms with E-state index in [-0.39, 0.29) is 0 Å². The molecule has 0 fully saturated rings. The number of anilines is 1. The predicted octanol–water partition coefficient (Wildman–Crippen LogP) is 2.98. The Morgan fingerprint density at radius 3 is 2.37 bits per heavy atom. The smallest absolute Gasteiger partial charge is 0.258 e. The zero-order chi connectivity index (χ0) is 13.9. The third-order valence-electron chi connectivity index (χ3n) is 3.52. The van der Waals surface area contributed by atoms with Crippen LogP contribution in [0.2, 0.25) is 0 Å². The first-order valence-corrected chi connectivity index (χ1v) is 6.40. The first-order chi connectivity index (χ1) is 9.15. The van der Waals surface area contributed by atoms with E-state index in [0.29, 0.717) is 17.4 Å². The molecule has 0 atom stereocenters. The van der Waals surface area contributed by atoms with Gasteiger partial charge in [0, 0.05) is 18.4 Å². The van der Waals surface area contributed by atoms with Crippen molar-refractivity contribution in [2.45, 2.75) is 32.3 Å². The number of methoxy groups -OCH3 is 1. The van der Waals surface area contributed by atoms with E-state index < -0.39 is 5.60 Å². The summed E-state index contributed by atoms with van der Waals surface area (Å²) in [7, 11) is 1.67. The van der Waals surface area contributed by atoms with Crippen molar-refractivity contribution in [2.24, 2.45) is 0 Å². The maximum Gasteiger partial charge on any atom is 0.258 e. The number of ether oxygens (including phenoxy) is 1. The zero-order valence-electron chi connectivity index (χ0n) is 11.5. The van der Waals surface area contributed by atoms with Crippen LogP contribution in [0.4, 0.5) is 5.69 Å². The third kappa shape index (κ3) is 2.46. The van der Waals surface area contributed by atoms with E-state index >= 15 is 0 Å². The van der Waals surface area contributed by atoms with Crippen LogP contribution in [0, 0.1) is 0 Å². The van der Waals surface area contributed by atoms with E-state index in [1.807, 2.05) is 38.1 Å². The Kier molecular flexibility index (Phi) is 3.85. The van der Waals surface area contributed by atoms with E-state index in [0.717, 1.165) is 18.4 Å². The molecule has 2 rings (SSSR count). The number of nitrogens with zero attached hydrogens (tertiary/aromatic N) is 2. The molecule has 0 saturated carbocycles. The Bertz CT molecular complexity index is 522. The second-order valence-electron chi connectivity index (χ2n) is 4.45. The highest BCUT2D eigenvalue weighted by atomic mass is 16.5. The lowest BCUT2D eigenvalue weighted by atomic mass is 9.96. The lowest BCUT2D eigenvalue weighted by Crippen LogP contribution is -2.28. The van der Waals surface area contributed by atoms with Crippen LogP contribution in [0.1, 0.15) is 32.5 Å². The van der Waals surface area contributed by atoms with Crippen LogP contribution >= 0.6 is 0 Å². The molecular weight excluding hydrogens is 242 g/mol. The number of aromatic nitrogens is 2. The van der Waals surface area contributed by atoms with Gasteiger partial charge in [-0.25, -0.2) is 0 Å². The Morgan fingerprint density at radius 2 is 1.84 bits per heavy atom. The molecule has 0 aliphatic rings. The van der Waals surface area contributed by atoms with Crippen LogP contribution in [-0.2, 0) is 10.3 Å². The minimum Gasteiger partial charge on any atom is -0.399 e. The fourth-order valence-corrected chi connectivity index (χ4v) is 2.10. The molecule has 0 aliphatic heterocycles. The van der Waals surface area contributed by atoms with Gasteiger partial charge < -0.3 is 15.0 Å². The first kappa shape index (κ1) is 13.5. The van der Waals surface area contributed by atoms with Crippen molar-refractivity contribution in [3.8, 4) is 11.5 Å². The summed E-state index contributed by atoms with van der Waals surface area (Å²) in [5, 5.41) is 4.06. The fourth-order valence-electron chi connectivity index (χ4n) is 2.10. The lowest BCUT2D eigenvalue weighted by molar-refractivity contribution is -0.0306. The van der Waals surface area contributed by atoms with Gasteiger partial charge in [0.25, 0.3) is 5.89 Å². The van der Waals surface area contributed by atoms with Crippen LogP contribution in [0.15, 0.2) is 28.8 Å². The topological polar surface area (TPSA) is 74.2 Å². The molecule has 1 aromatic heterocycles. The normalized spacial score (nSPS) is 11.7. The largest absolute Gasteiger partial charge is 0.399 e. The number of rotatable bonds is 5. The van der Waals surface area contributed by atoms with Crippen LogP contribution in [0.3, 0.4) is 0 Å². The van der Waals surface area contributed by atoms with E-state index in [1.54, 1.807) is 7.11 Å². The van der Waals surface area contributed by atoms with Gasteiger partial charge in [-0.3, -0.25) is 0 Å². The van der Waals surface area contributed by atoms with Crippen LogP contribution in [0.25, 0.3) is 11.5 Å². The summed E-state index contributed by atoms with van der Waals surface area (Å²) in [6.45, 7) is 4.10. The molecule has 5 heteroatoms. The van der Waals surface area contributed by atoms with Gasteiger partial charge in [-0.1, -0.05) is 19.0 Å². The summed E-state index contributed by atoms with van der Waals surface area (Å²) in [6, 6.07) is 7.34. The monoisotopic (exact) mass is 261 g/mol. The molecule has 19 heavy (non-hydrogen) atoms. The first-order valence-electron chi connectivity index (χ1n) is 6.40. The van der Waals surface area contributed by atoms with Crippen LogP contribution in [-0.4, -0.2) is 17.3 Å². The standard InChI is InChI=1S/C14H19N3O2/c1-4-14(5-2,18-3)13-16-12(19-17-13)10-6-8-11(15)9-7-10/h6-9H,4-5,15H2,1-3H3. The van der Waals surface area contributed by atoms with E-state index in [9.17, 15) is 0 Å². The average Bonchev–Trinajstić information content (AvgIpc) is 2.93. The van der Waals surface area contributed by atoms with Gasteiger partial charge in [-0.05, 0) is 37.1 Å². The molecule has 5 nitrogen and oxygen atoms in total. The summed E-state index contributed by atoms with van der Waals surface area (Å²) in [6.07, 6.45) is 1.58. The van der Waals surface area contributed by atoms with Gasteiger partial charge in [-0.15, -0.1) is 0 Å². The molecule has 2 aromatic rings. The number of nitrogen functional groups attached to an aromatic ring is 1. The van der Waals surface area contributed by atoms with Gasteiger partial charge in [0.2, 0.25) is 5.82 Å². The molecule has 2 N–H and O–H groups in total. The van der Waals surface area contributed by atoms with E-state index in [4.69, 9.17) is 15.0 Å². The molecule has 0 bridgehead atoms. The molecule has 0 saturated heterocycles. The highest BCUT2D eigenvalue weighted by Gasteiger charge is 2.33. The Hall–Kier alpha value is -1.88. The van der Waals surface area contributed by atoms with Gasteiger partial charge in [0.15, 0.2) is 0 Å². The van der Waals surface area contributed by atoms with Crippen molar-refractivity contribution in [3.05, 3.63) is 30.1 Å². The maximum atomic E-state index is 5.66. The van der Waals surface area contributed by atoms with Crippen molar-refractivity contribution in [2.75, 3.05) is 12.8 Å². The Balaban J connectivity index is 2.35. The maximum absolute atomic E-state index is 5.66. The summed E-state index contributed by atoms with van der Waals surface area (Å²) < 4.78 is 10.9. The lowest BCUT2D eigenvalue weighted by Gasteiger charge is -2.25. The molecule has 1 heterocycles. The Morgan fingerprint density at radius 1 is 1.21 bits per heavy atom. The van der Waals surface area contributed by atoms with Crippen molar-refractivity contribution in [3.63, 3.8) is 0 Å². The summed E-state index contributed by atoms with van der Waals surface area (Å²) in [5.74, 6) is 1.07. The summed E-state index contributed by atoms with van der Waals surface area (Å²) >= 11 is 0. The predicted molar refractivity (Wildman–Crippen MR) is 73.4 cm³/mol. The molecule has 0 spiro atoms. The molecular formula is C14H19N3O2. The second-order valence-corrected chi connectivity index (χ2v) is 4.45. The van der Waals surface area contributed by atoms with E-state index in [1.165, 1.54) is 0 Å². The highest BCUT2D eigenvalue weighted by Crippen LogP contribution is 2.31. The minimum atomic E-state index is -0.477. The summed E-state index contributed by atoms with van der Waals surface area (Å²) in [5.41, 5.74) is 6.74. The van der Waals surface area contributed by atoms with Gasteiger partial charge in [-0.2, -0.15) is 4.98 Å². The zero-order valence-corrected chi connectivity index (χ0v) is 11.5. The molecule has 0 radical (unpaired) electrons. The highest BCUT2D eigenvalue weighted by molar-refractivity contribution is 5.56. The fraction of sp³-hybridized carbons (Fsp3) is 0.429. The minimum absolute atomic E-state index is 0.477. The number of hydrogen-bond acceptors (Lipinski definition) is 5. The molecule has 0 aliphatic carbocycles. The SMILES string of the molecule is CCC(CC)(OC)c1noc(-c2ccc(N)cc2)n1. The van der Waals surface area contributed by atoms with Crippen LogP contribution in [0.5, 0.6) is 0 Å².